The van der Waals surface area contributed by atoms with Gasteiger partial charge in [0.05, 0.1) is 0 Å². The predicted octanol–water partition coefficient (Wildman–Crippen LogP) is 2.75. The highest BCUT2D eigenvalue weighted by molar-refractivity contribution is 5.53. The van der Waals surface area contributed by atoms with Crippen molar-refractivity contribution < 1.29 is 15.0 Å². The topological polar surface area (TPSA) is 57.5 Å². The normalized spacial score (nSPS) is 10.6. The largest absolute Gasteiger partial charge is 0.503 e. The van der Waals surface area contributed by atoms with Crippen LogP contribution < -0.4 is 0 Å². The van der Waals surface area contributed by atoms with Gasteiger partial charge >= 0.3 is 6.16 Å². The molecule has 0 heterocycles. The molecule has 0 aliphatic heterocycles. The van der Waals surface area contributed by atoms with Crippen LogP contribution in [0.4, 0.5) is 4.79 Å². The summed E-state index contributed by atoms with van der Waals surface area (Å²) in [5.74, 6) is 0. The molecule has 0 aromatic rings. The van der Waals surface area contributed by atoms with Crippen LogP contribution >= 0.6 is 0 Å². The van der Waals surface area contributed by atoms with Gasteiger partial charge < -0.3 is 10.2 Å². The summed E-state index contributed by atoms with van der Waals surface area (Å²) in [6, 6.07) is 0. The number of hydrogen-bond acceptors (Lipinski definition) is 1. The molecule has 64 valence electrons. The zero-order valence-corrected chi connectivity index (χ0v) is 7.03. The minimum atomic E-state index is -1.83. The maximum absolute atomic E-state index is 8.56. The Labute approximate surface area is 66.7 Å². The highest BCUT2D eigenvalue weighted by Gasteiger charge is 1.70. The second kappa shape index (κ2) is 8.75. The van der Waals surface area contributed by atoms with Crippen molar-refractivity contribution in [3.63, 3.8) is 0 Å². The van der Waals surface area contributed by atoms with Gasteiger partial charge in [0.1, 0.15) is 0 Å². The van der Waals surface area contributed by atoms with E-state index in [2.05, 4.69) is 19.1 Å². The lowest BCUT2D eigenvalue weighted by atomic mass is 10.3. The summed E-state index contributed by atoms with van der Waals surface area (Å²) in [5.41, 5.74) is 1.32. The number of carboxylic acid groups (broad SMARTS) is 2. The van der Waals surface area contributed by atoms with Crippen LogP contribution in [0, 0.1) is 0 Å². The standard InChI is InChI=1S/C7H12.CH2O3/c1-4-6-7(3)5-2;2-1(3)4/h4-6H,1-3H3;(H2,2,3,4). The van der Waals surface area contributed by atoms with Crippen molar-refractivity contribution in [2.45, 2.75) is 20.8 Å². The highest BCUT2D eigenvalue weighted by Crippen LogP contribution is 1.91. The van der Waals surface area contributed by atoms with Crippen molar-refractivity contribution in [1.29, 1.82) is 0 Å². The third-order valence-corrected chi connectivity index (χ3v) is 0.885. The van der Waals surface area contributed by atoms with Crippen LogP contribution in [0.1, 0.15) is 20.8 Å². The fraction of sp³-hybridized carbons (Fsp3) is 0.375. The maximum atomic E-state index is 8.56. The Kier molecular flexibility index (Phi) is 9.89. The molecular weight excluding hydrogens is 144 g/mol. The number of rotatable bonds is 1. The van der Waals surface area contributed by atoms with Gasteiger partial charge in [0.2, 0.25) is 0 Å². The van der Waals surface area contributed by atoms with Gasteiger partial charge in [-0.25, -0.2) is 4.79 Å². The van der Waals surface area contributed by atoms with Crippen molar-refractivity contribution in [3.8, 4) is 0 Å². The number of allylic oxidation sites excluding steroid dienone is 4. The maximum Gasteiger partial charge on any atom is 0.503 e. The Morgan fingerprint density at radius 3 is 1.73 bits per heavy atom. The van der Waals surface area contributed by atoms with E-state index in [0.29, 0.717) is 0 Å². The summed E-state index contributed by atoms with van der Waals surface area (Å²) >= 11 is 0. The lowest BCUT2D eigenvalue weighted by Crippen LogP contribution is -1.81. The Morgan fingerprint density at radius 2 is 1.64 bits per heavy atom. The number of hydrogen-bond donors (Lipinski definition) is 2. The summed E-state index contributed by atoms with van der Waals surface area (Å²) in [4.78, 5) is 8.56. The van der Waals surface area contributed by atoms with Crippen molar-refractivity contribution in [3.05, 3.63) is 23.8 Å². The van der Waals surface area contributed by atoms with E-state index in [1.165, 1.54) is 5.57 Å². The van der Waals surface area contributed by atoms with Crippen LogP contribution in [0.25, 0.3) is 0 Å². The molecule has 0 aromatic heterocycles. The molecule has 3 nitrogen and oxygen atoms in total. The van der Waals surface area contributed by atoms with Gasteiger partial charge in [-0.15, -0.1) is 0 Å². The van der Waals surface area contributed by atoms with Gasteiger partial charge in [-0.3, -0.25) is 0 Å². The molecule has 0 unspecified atom stereocenters. The lowest BCUT2D eigenvalue weighted by molar-refractivity contribution is 0.137. The van der Waals surface area contributed by atoms with Gasteiger partial charge in [0.25, 0.3) is 0 Å². The summed E-state index contributed by atoms with van der Waals surface area (Å²) in [7, 11) is 0. The zero-order chi connectivity index (χ0) is 9.28. The van der Waals surface area contributed by atoms with Crippen LogP contribution in [-0.2, 0) is 0 Å². The Morgan fingerprint density at radius 1 is 1.27 bits per heavy atom. The fourth-order valence-corrected chi connectivity index (χ4v) is 0.359. The van der Waals surface area contributed by atoms with Crippen LogP contribution in [0.5, 0.6) is 0 Å². The van der Waals surface area contributed by atoms with Crippen LogP contribution in [0.2, 0.25) is 0 Å². The molecule has 0 fully saturated rings. The van der Waals surface area contributed by atoms with E-state index in [0.717, 1.165) is 0 Å². The molecule has 0 saturated carbocycles. The molecule has 2 N–H and O–H groups in total. The van der Waals surface area contributed by atoms with E-state index in [-0.39, 0.29) is 0 Å². The minimum Gasteiger partial charge on any atom is -0.450 e. The van der Waals surface area contributed by atoms with Crippen molar-refractivity contribution in [2.24, 2.45) is 0 Å². The quantitative estimate of drug-likeness (QED) is 0.577. The van der Waals surface area contributed by atoms with E-state index in [9.17, 15) is 0 Å². The van der Waals surface area contributed by atoms with Gasteiger partial charge in [-0.2, -0.15) is 0 Å². The molecule has 0 bridgehead atoms. The average Bonchev–Trinajstić information content (AvgIpc) is 1.87. The monoisotopic (exact) mass is 158 g/mol. The van der Waals surface area contributed by atoms with E-state index in [1.807, 2.05) is 19.9 Å². The minimum absolute atomic E-state index is 1.32. The van der Waals surface area contributed by atoms with Gasteiger partial charge in [-0.05, 0) is 20.8 Å². The summed E-state index contributed by atoms with van der Waals surface area (Å²) in [6.07, 6.45) is 4.37. The fourth-order valence-electron chi connectivity index (χ4n) is 0.359. The van der Waals surface area contributed by atoms with Crippen LogP contribution in [0.3, 0.4) is 0 Å². The molecule has 3 heteroatoms. The lowest BCUT2D eigenvalue weighted by Gasteiger charge is -1.81. The first kappa shape index (κ1) is 12.4. The predicted molar refractivity (Wildman–Crippen MR) is 44.9 cm³/mol. The smallest absolute Gasteiger partial charge is 0.450 e. The average molecular weight is 158 g/mol. The van der Waals surface area contributed by atoms with Crippen molar-refractivity contribution in [2.75, 3.05) is 0 Å². The molecule has 0 saturated heterocycles. The van der Waals surface area contributed by atoms with Crippen molar-refractivity contribution in [1.82, 2.24) is 0 Å². The second-order valence-electron chi connectivity index (χ2n) is 1.82. The van der Waals surface area contributed by atoms with E-state index >= 15 is 0 Å². The number of carbonyl (C=O) groups is 1. The van der Waals surface area contributed by atoms with Crippen LogP contribution in [-0.4, -0.2) is 16.4 Å². The first-order valence-electron chi connectivity index (χ1n) is 3.22. The second-order valence-corrected chi connectivity index (χ2v) is 1.82. The summed E-state index contributed by atoms with van der Waals surface area (Å²) in [5, 5.41) is 13.9. The molecule has 0 aliphatic rings. The first-order chi connectivity index (χ1) is 5.04. The van der Waals surface area contributed by atoms with E-state index in [4.69, 9.17) is 15.0 Å². The van der Waals surface area contributed by atoms with Gasteiger partial charge in [0.15, 0.2) is 0 Å². The van der Waals surface area contributed by atoms with Crippen molar-refractivity contribution >= 4 is 6.16 Å². The molecule has 11 heavy (non-hydrogen) atoms. The molecule has 0 aromatic carbocycles. The Bertz CT molecular complexity index is 153. The van der Waals surface area contributed by atoms with E-state index in [1.54, 1.807) is 0 Å². The SMILES string of the molecule is CC=CC(C)=CC.O=C(O)O. The third-order valence-electron chi connectivity index (χ3n) is 0.885. The molecule has 0 amide bonds. The van der Waals surface area contributed by atoms with E-state index < -0.39 is 6.16 Å². The summed E-state index contributed by atoms with van der Waals surface area (Å²) < 4.78 is 0. The van der Waals surface area contributed by atoms with Crippen LogP contribution in [0.15, 0.2) is 23.8 Å². The molecule has 0 radical (unpaired) electrons. The summed E-state index contributed by atoms with van der Waals surface area (Å²) in [6.45, 7) is 6.14. The Balaban J connectivity index is 0. The molecule has 0 rings (SSSR count). The molecule has 0 atom stereocenters. The van der Waals surface area contributed by atoms with Gasteiger partial charge in [0, 0.05) is 0 Å². The molecule has 0 aliphatic carbocycles. The Hall–Kier alpha value is -1.25. The molecular formula is C8H14O3. The molecule has 0 spiro atoms. The van der Waals surface area contributed by atoms with Gasteiger partial charge in [-0.1, -0.05) is 23.8 Å². The third kappa shape index (κ3) is 28.4. The first-order valence-corrected chi connectivity index (χ1v) is 3.22. The zero-order valence-electron chi connectivity index (χ0n) is 7.03. The highest BCUT2D eigenvalue weighted by atomic mass is 16.6.